The maximum absolute atomic E-state index is 13.3. The summed E-state index contributed by atoms with van der Waals surface area (Å²) in [5, 5.41) is 11.4. The minimum Gasteiger partial charge on any atom is -0.507 e. The van der Waals surface area contributed by atoms with E-state index < -0.39 is 17.7 Å². The van der Waals surface area contributed by atoms with Crippen LogP contribution in [0.15, 0.2) is 48.0 Å². The summed E-state index contributed by atoms with van der Waals surface area (Å²) in [5.74, 6) is 0.388. The summed E-state index contributed by atoms with van der Waals surface area (Å²) in [6.45, 7) is 10.4. The third kappa shape index (κ3) is 7.16. The van der Waals surface area contributed by atoms with Gasteiger partial charge in [0.15, 0.2) is 0 Å². The average molecular weight is 523 g/mol. The Morgan fingerprint density at radius 1 is 1.05 bits per heavy atom. The van der Waals surface area contributed by atoms with E-state index in [0.29, 0.717) is 37.8 Å². The van der Waals surface area contributed by atoms with Gasteiger partial charge in [0, 0.05) is 18.7 Å². The Bertz CT molecular complexity index is 1140. The molecule has 1 atom stereocenters. The molecule has 0 aromatic heterocycles. The van der Waals surface area contributed by atoms with Crippen LogP contribution in [0, 0.1) is 12.8 Å². The van der Waals surface area contributed by atoms with Crippen LogP contribution in [0.1, 0.15) is 62.8 Å². The number of likely N-dealkylation sites (tertiary alicyclic amines) is 1. The summed E-state index contributed by atoms with van der Waals surface area (Å²) < 4.78 is 11.7. The van der Waals surface area contributed by atoms with Crippen molar-refractivity contribution in [1.82, 2.24) is 9.80 Å². The number of ketones is 1. The number of likely N-dealkylation sites (N-methyl/N-ethyl adjacent to an activating group) is 1. The van der Waals surface area contributed by atoms with Crippen molar-refractivity contribution in [3.63, 3.8) is 0 Å². The number of ether oxygens (including phenoxy) is 2. The molecular weight excluding hydrogens is 480 g/mol. The van der Waals surface area contributed by atoms with E-state index >= 15 is 0 Å². The molecule has 1 fully saturated rings. The number of aryl methyl sites for hydroxylation is 1. The molecule has 0 saturated carbocycles. The van der Waals surface area contributed by atoms with Crippen LogP contribution in [0.2, 0.25) is 0 Å². The third-order valence-corrected chi connectivity index (χ3v) is 6.56. The molecule has 7 nitrogen and oxygen atoms in total. The van der Waals surface area contributed by atoms with Gasteiger partial charge in [-0.1, -0.05) is 45.7 Å². The van der Waals surface area contributed by atoms with E-state index in [1.165, 1.54) is 0 Å². The zero-order valence-corrected chi connectivity index (χ0v) is 23.6. The van der Waals surface area contributed by atoms with Gasteiger partial charge < -0.3 is 24.4 Å². The standard InChI is InChI=1S/C31H42N2O5/c1-7-8-9-18-37-25-13-10-23(11-14-25)28-27(30(35)31(36)33(28)17-16-32(5)6)29(34)24-12-15-26(22(4)19-24)38-20-21(2)3/h10-15,19,21,28,34H,7-9,16-18,20H2,1-6H3. The number of amides is 1. The van der Waals surface area contributed by atoms with Crippen LogP contribution in [0.4, 0.5) is 0 Å². The lowest BCUT2D eigenvalue weighted by molar-refractivity contribution is -0.140. The predicted octanol–water partition coefficient (Wildman–Crippen LogP) is 5.58. The van der Waals surface area contributed by atoms with Crippen molar-refractivity contribution in [2.24, 2.45) is 5.92 Å². The van der Waals surface area contributed by atoms with Crippen LogP contribution in [0.3, 0.4) is 0 Å². The highest BCUT2D eigenvalue weighted by Crippen LogP contribution is 2.40. The van der Waals surface area contributed by atoms with Gasteiger partial charge in [-0.05, 0) is 74.8 Å². The number of benzene rings is 2. The second-order valence-electron chi connectivity index (χ2n) is 10.6. The molecule has 2 aromatic carbocycles. The van der Waals surface area contributed by atoms with Gasteiger partial charge in [0.1, 0.15) is 17.3 Å². The number of aliphatic hydroxyl groups is 1. The molecule has 7 heteroatoms. The summed E-state index contributed by atoms with van der Waals surface area (Å²) >= 11 is 0. The molecule has 0 radical (unpaired) electrons. The molecule has 1 unspecified atom stereocenters. The van der Waals surface area contributed by atoms with Gasteiger partial charge in [-0.15, -0.1) is 0 Å². The van der Waals surface area contributed by atoms with Crippen molar-refractivity contribution in [1.29, 1.82) is 0 Å². The van der Waals surface area contributed by atoms with Gasteiger partial charge in [0.25, 0.3) is 11.7 Å². The van der Waals surface area contributed by atoms with Crippen LogP contribution in [0.5, 0.6) is 11.5 Å². The van der Waals surface area contributed by atoms with Crippen LogP contribution < -0.4 is 9.47 Å². The summed E-state index contributed by atoms with van der Waals surface area (Å²) in [7, 11) is 3.84. The van der Waals surface area contributed by atoms with Crippen LogP contribution in [-0.4, -0.2) is 67.0 Å². The average Bonchev–Trinajstić information content (AvgIpc) is 3.14. The fourth-order valence-electron chi connectivity index (χ4n) is 4.42. The number of carbonyl (C=O) groups excluding carboxylic acids is 2. The Balaban J connectivity index is 1.98. The van der Waals surface area contributed by atoms with E-state index in [9.17, 15) is 14.7 Å². The molecule has 206 valence electrons. The molecule has 0 aliphatic carbocycles. The van der Waals surface area contributed by atoms with Gasteiger partial charge in [0.2, 0.25) is 0 Å². The van der Waals surface area contributed by atoms with E-state index in [-0.39, 0.29) is 11.3 Å². The molecule has 1 aliphatic rings. The number of carbonyl (C=O) groups is 2. The largest absolute Gasteiger partial charge is 0.507 e. The maximum atomic E-state index is 13.3. The Hall–Kier alpha value is -3.32. The van der Waals surface area contributed by atoms with Crippen molar-refractivity contribution in [3.05, 3.63) is 64.7 Å². The topological polar surface area (TPSA) is 79.3 Å². The molecule has 2 aromatic rings. The first-order chi connectivity index (χ1) is 18.1. The SMILES string of the molecule is CCCCCOc1ccc(C2C(=C(O)c3ccc(OCC(C)C)c(C)c3)C(=O)C(=O)N2CCN(C)C)cc1. The van der Waals surface area contributed by atoms with Crippen LogP contribution >= 0.6 is 0 Å². The van der Waals surface area contributed by atoms with E-state index in [2.05, 4.69) is 20.8 Å². The fraction of sp³-hybridized carbons (Fsp3) is 0.484. The highest BCUT2D eigenvalue weighted by molar-refractivity contribution is 6.46. The highest BCUT2D eigenvalue weighted by Gasteiger charge is 2.45. The first-order valence-electron chi connectivity index (χ1n) is 13.5. The van der Waals surface area contributed by atoms with Crippen molar-refractivity contribution in [2.45, 2.75) is 53.0 Å². The number of aliphatic hydroxyl groups excluding tert-OH is 1. The van der Waals surface area contributed by atoms with Gasteiger partial charge in [0.05, 0.1) is 24.8 Å². The molecule has 1 aliphatic heterocycles. The number of nitrogens with zero attached hydrogens (tertiary/aromatic N) is 2. The minimum absolute atomic E-state index is 0.0978. The fourth-order valence-corrected chi connectivity index (χ4v) is 4.42. The van der Waals surface area contributed by atoms with E-state index in [0.717, 1.165) is 41.9 Å². The first kappa shape index (κ1) is 29.2. The molecule has 38 heavy (non-hydrogen) atoms. The Labute approximate surface area is 227 Å². The summed E-state index contributed by atoms with van der Waals surface area (Å²) in [6, 6.07) is 12.1. The number of rotatable bonds is 13. The summed E-state index contributed by atoms with van der Waals surface area (Å²) in [5.41, 5.74) is 2.17. The second-order valence-corrected chi connectivity index (χ2v) is 10.6. The van der Waals surface area contributed by atoms with Crippen molar-refractivity contribution in [3.8, 4) is 11.5 Å². The maximum Gasteiger partial charge on any atom is 0.295 e. The molecule has 0 spiro atoms. The van der Waals surface area contributed by atoms with Gasteiger partial charge in [-0.3, -0.25) is 9.59 Å². The zero-order valence-electron chi connectivity index (χ0n) is 23.6. The normalized spacial score (nSPS) is 17.1. The minimum atomic E-state index is -0.693. The van der Waals surface area contributed by atoms with Gasteiger partial charge >= 0.3 is 0 Å². The molecule has 3 rings (SSSR count). The zero-order chi connectivity index (χ0) is 27.8. The van der Waals surface area contributed by atoms with Gasteiger partial charge in [-0.2, -0.15) is 0 Å². The monoisotopic (exact) mass is 522 g/mol. The molecule has 1 N–H and O–H groups in total. The smallest absolute Gasteiger partial charge is 0.295 e. The first-order valence-corrected chi connectivity index (χ1v) is 13.5. The molecule has 1 amide bonds. The van der Waals surface area contributed by atoms with Crippen molar-refractivity contribution >= 4 is 17.4 Å². The lowest BCUT2D eigenvalue weighted by Crippen LogP contribution is -2.35. The Kier molecular flexibility index (Phi) is 10.4. The number of hydrogen-bond acceptors (Lipinski definition) is 6. The number of hydrogen-bond donors (Lipinski definition) is 1. The number of Topliss-reactive ketones (excluding diaryl/α,β-unsaturated/α-hetero) is 1. The number of unbranched alkanes of at least 4 members (excludes halogenated alkanes) is 2. The molecular formula is C31H42N2O5. The van der Waals surface area contributed by atoms with E-state index in [4.69, 9.17) is 9.47 Å². The van der Waals surface area contributed by atoms with Crippen molar-refractivity contribution < 1.29 is 24.2 Å². The lowest BCUT2D eigenvalue weighted by atomic mass is 9.94. The lowest BCUT2D eigenvalue weighted by Gasteiger charge is -2.26. The Morgan fingerprint density at radius 3 is 2.37 bits per heavy atom. The van der Waals surface area contributed by atoms with E-state index in [1.54, 1.807) is 23.1 Å². The predicted molar refractivity (Wildman–Crippen MR) is 151 cm³/mol. The Morgan fingerprint density at radius 2 is 1.76 bits per heavy atom. The quantitative estimate of drug-likeness (QED) is 0.160. The summed E-state index contributed by atoms with van der Waals surface area (Å²) in [6.07, 6.45) is 3.23. The summed E-state index contributed by atoms with van der Waals surface area (Å²) in [4.78, 5) is 30.0. The third-order valence-electron chi connectivity index (χ3n) is 6.56. The molecule has 1 saturated heterocycles. The highest BCUT2D eigenvalue weighted by atomic mass is 16.5. The second kappa shape index (κ2) is 13.5. The van der Waals surface area contributed by atoms with Crippen LogP contribution in [-0.2, 0) is 9.59 Å². The molecule has 1 heterocycles. The van der Waals surface area contributed by atoms with Gasteiger partial charge in [-0.25, -0.2) is 0 Å². The van der Waals surface area contributed by atoms with Crippen LogP contribution in [0.25, 0.3) is 5.76 Å². The van der Waals surface area contributed by atoms with E-state index in [1.807, 2.05) is 50.2 Å². The van der Waals surface area contributed by atoms with Crippen molar-refractivity contribution in [2.75, 3.05) is 40.4 Å². The molecule has 0 bridgehead atoms.